The molecule has 0 N–H and O–H groups in total. The number of hydrogen-bond donors (Lipinski definition) is 0. The van der Waals surface area contributed by atoms with Crippen LogP contribution in [0.5, 0.6) is 0 Å². The second-order valence-electron chi connectivity index (χ2n) is 7.11. The van der Waals surface area contributed by atoms with Gasteiger partial charge in [0.25, 0.3) is 5.91 Å². The summed E-state index contributed by atoms with van der Waals surface area (Å²) in [6.07, 6.45) is 4.20. The van der Waals surface area contributed by atoms with Crippen molar-refractivity contribution in [2.45, 2.75) is 39.3 Å². The fourth-order valence-corrected chi connectivity index (χ4v) is 3.48. The smallest absolute Gasteiger partial charge is 0.254 e. The number of nitrogens with zero attached hydrogens (tertiary/aromatic N) is 4. The lowest BCUT2D eigenvalue weighted by Gasteiger charge is -2.25. The molecule has 1 aromatic carbocycles. The number of aryl methyl sites for hydroxylation is 1. The zero-order valence-electron chi connectivity index (χ0n) is 15.5. The molecular weight excluding hydrogens is 324 g/mol. The lowest BCUT2D eigenvalue weighted by Crippen LogP contribution is -2.36. The Morgan fingerprint density at radius 3 is 2.69 bits per heavy atom. The van der Waals surface area contributed by atoms with Gasteiger partial charge in [0, 0.05) is 25.2 Å². The van der Waals surface area contributed by atoms with Crippen LogP contribution < -0.4 is 0 Å². The summed E-state index contributed by atoms with van der Waals surface area (Å²) in [5.74, 6) is 0.679. The van der Waals surface area contributed by atoms with E-state index >= 15 is 0 Å². The van der Waals surface area contributed by atoms with Gasteiger partial charge in [0.1, 0.15) is 0 Å². The number of amides is 1. The minimum Gasteiger partial charge on any atom is -0.339 e. The molecule has 1 aliphatic carbocycles. The SMILES string of the molecule is CCn1ncc2c(C(=O)N(C)C(C)C3CC3)cc(-c3ccccc3)nc21. The monoisotopic (exact) mass is 348 g/mol. The highest BCUT2D eigenvalue weighted by molar-refractivity contribution is 6.06. The number of hydrogen-bond acceptors (Lipinski definition) is 3. The Morgan fingerprint density at radius 2 is 2.04 bits per heavy atom. The summed E-state index contributed by atoms with van der Waals surface area (Å²) in [6.45, 7) is 4.89. The summed E-state index contributed by atoms with van der Waals surface area (Å²) in [5.41, 5.74) is 3.27. The Labute approximate surface area is 153 Å². The van der Waals surface area contributed by atoms with Gasteiger partial charge in [-0.2, -0.15) is 5.10 Å². The maximum absolute atomic E-state index is 13.3. The molecule has 1 atom stereocenters. The Hall–Kier alpha value is -2.69. The van der Waals surface area contributed by atoms with Gasteiger partial charge in [-0.05, 0) is 38.7 Å². The number of aromatic nitrogens is 3. The molecule has 0 bridgehead atoms. The topological polar surface area (TPSA) is 51.0 Å². The molecular formula is C21H24N4O. The summed E-state index contributed by atoms with van der Waals surface area (Å²) in [7, 11) is 1.91. The van der Waals surface area contributed by atoms with E-state index in [1.54, 1.807) is 6.20 Å². The third-order valence-corrected chi connectivity index (χ3v) is 5.44. The number of pyridine rings is 1. The molecule has 26 heavy (non-hydrogen) atoms. The van der Waals surface area contributed by atoms with Crippen LogP contribution in [0.1, 0.15) is 37.0 Å². The van der Waals surface area contributed by atoms with Crippen LogP contribution in [-0.4, -0.2) is 38.7 Å². The van der Waals surface area contributed by atoms with Crippen LogP contribution in [0, 0.1) is 5.92 Å². The highest BCUT2D eigenvalue weighted by Crippen LogP contribution is 2.35. The van der Waals surface area contributed by atoms with Gasteiger partial charge in [-0.3, -0.25) is 4.79 Å². The molecule has 0 radical (unpaired) electrons. The van der Waals surface area contributed by atoms with E-state index in [4.69, 9.17) is 4.98 Å². The van der Waals surface area contributed by atoms with Gasteiger partial charge in [-0.1, -0.05) is 30.3 Å². The lowest BCUT2D eigenvalue weighted by molar-refractivity contribution is 0.0729. The van der Waals surface area contributed by atoms with Crippen molar-refractivity contribution in [1.29, 1.82) is 0 Å². The van der Waals surface area contributed by atoms with E-state index in [0.29, 0.717) is 11.5 Å². The van der Waals surface area contributed by atoms with Crippen LogP contribution in [0.4, 0.5) is 0 Å². The van der Waals surface area contributed by atoms with Gasteiger partial charge >= 0.3 is 0 Å². The summed E-state index contributed by atoms with van der Waals surface area (Å²) >= 11 is 0. The summed E-state index contributed by atoms with van der Waals surface area (Å²) in [4.78, 5) is 20.0. The van der Waals surface area contributed by atoms with Crippen LogP contribution in [0.15, 0.2) is 42.6 Å². The maximum atomic E-state index is 13.3. The van der Waals surface area contributed by atoms with Crippen molar-refractivity contribution in [2.75, 3.05) is 7.05 Å². The standard InChI is InChI=1S/C21H24N4O/c1-4-25-20-18(13-22-25)17(21(26)24(3)14(2)15-10-11-15)12-19(23-20)16-8-6-5-7-9-16/h5-9,12-15H,4,10-11H2,1-3H3. The molecule has 2 heterocycles. The van der Waals surface area contributed by atoms with Gasteiger partial charge in [0.05, 0.1) is 22.8 Å². The summed E-state index contributed by atoms with van der Waals surface area (Å²) < 4.78 is 1.85. The van der Waals surface area contributed by atoms with Crippen LogP contribution in [0.25, 0.3) is 22.3 Å². The zero-order chi connectivity index (χ0) is 18.3. The van der Waals surface area contributed by atoms with E-state index in [2.05, 4.69) is 12.0 Å². The van der Waals surface area contributed by atoms with Gasteiger partial charge in [0.2, 0.25) is 0 Å². The van der Waals surface area contributed by atoms with Crippen LogP contribution in [-0.2, 0) is 6.54 Å². The molecule has 1 amide bonds. The highest BCUT2D eigenvalue weighted by Gasteiger charge is 2.33. The number of carbonyl (C=O) groups is 1. The normalized spacial score (nSPS) is 15.2. The third kappa shape index (κ3) is 2.87. The van der Waals surface area contributed by atoms with E-state index < -0.39 is 0 Å². The number of fused-ring (bicyclic) bond motifs is 1. The molecule has 1 aliphatic rings. The molecule has 0 aliphatic heterocycles. The van der Waals surface area contributed by atoms with Crippen molar-refractivity contribution >= 4 is 16.9 Å². The average Bonchev–Trinajstić information content (AvgIpc) is 3.45. The molecule has 134 valence electrons. The lowest BCUT2D eigenvalue weighted by atomic mass is 10.0. The van der Waals surface area contributed by atoms with Crippen LogP contribution in [0.2, 0.25) is 0 Å². The van der Waals surface area contributed by atoms with E-state index in [-0.39, 0.29) is 11.9 Å². The van der Waals surface area contributed by atoms with E-state index in [0.717, 1.165) is 28.8 Å². The van der Waals surface area contributed by atoms with E-state index in [9.17, 15) is 4.79 Å². The second kappa shape index (κ2) is 6.56. The first kappa shape index (κ1) is 16.8. The van der Waals surface area contributed by atoms with Gasteiger partial charge in [-0.15, -0.1) is 0 Å². The number of benzene rings is 1. The maximum Gasteiger partial charge on any atom is 0.254 e. The predicted octanol–water partition coefficient (Wildman–Crippen LogP) is 3.99. The van der Waals surface area contributed by atoms with Crippen molar-refractivity contribution in [2.24, 2.45) is 5.92 Å². The summed E-state index contributed by atoms with van der Waals surface area (Å²) in [6, 6.07) is 12.2. The largest absolute Gasteiger partial charge is 0.339 e. The van der Waals surface area contributed by atoms with Crippen LogP contribution >= 0.6 is 0 Å². The zero-order valence-corrected chi connectivity index (χ0v) is 15.5. The average molecular weight is 348 g/mol. The quantitative estimate of drug-likeness (QED) is 0.700. The molecule has 1 unspecified atom stereocenters. The van der Waals surface area contributed by atoms with Crippen molar-refractivity contribution < 1.29 is 4.79 Å². The fraction of sp³-hybridized carbons (Fsp3) is 0.381. The van der Waals surface area contributed by atoms with Crippen LogP contribution in [0.3, 0.4) is 0 Å². The molecule has 4 rings (SSSR count). The van der Waals surface area contributed by atoms with Crippen molar-refractivity contribution in [3.8, 4) is 11.3 Å². The minimum absolute atomic E-state index is 0.0460. The molecule has 3 aromatic rings. The van der Waals surface area contributed by atoms with Gasteiger partial charge in [0.15, 0.2) is 5.65 Å². The highest BCUT2D eigenvalue weighted by atomic mass is 16.2. The molecule has 0 saturated heterocycles. The first-order chi connectivity index (χ1) is 12.6. The molecule has 2 aromatic heterocycles. The third-order valence-electron chi connectivity index (χ3n) is 5.44. The fourth-order valence-electron chi connectivity index (χ4n) is 3.48. The first-order valence-corrected chi connectivity index (χ1v) is 9.29. The van der Waals surface area contributed by atoms with E-state index in [1.807, 2.05) is 60.0 Å². The molecule has 1 fully saturated rings. The molecule has 0 spiro atoms. The second-order valence-corrected chi connectivity index (χ2v) is 7.11. The number of rotatable bonds is 5. The Morgan fingerprint density at radius 1 is 1.31 bits per heavy atom. The minimum atomic E-state index is 0.0460. The van der Waals surface area contributed by atoms with Crippen molar-refractivity contribution in [1.82, 2.24) is 19.7 Å². The van der Waals surface area contributed by atoms with Gasteiger partial charge < -0.3 is 4.90 Å². The Balaban J connectivity index is 1.84. The van der Waals surface area contributed by atoms with E-state index in [1.165, 1.54) is 12.8 Å². The molecule has 5 heteroatoms. The molecule has 1 saturated carbocycles. The summed E-state index contributed by atoms with van der Waals surface area (Å²) in [5, 5.41) is 5.25. The Kier molecular flexibility index (Phi) is 4.23. The molecule has 5 nitrogen and oxygen atoms in total. The van der Waals surface area contributed by atoms with Crippen molar-refractivity contribution in [3.63, 3.8) is 0 Å². The van der Waals surface area contributed by atoms with Gasteiger partial charge in [-0.25, -0.2) is 9.67 Å². The predicted molar refractivity (Wildman–Crippen MR) is 103 cm³/mol. The first-order valence-electron chi connectivity index (χ1n) is 9.29. The van der Waals surface area contributed by atoms with Crippen molar-refractivity contribution in [3.05, 3.63) is 48.2 Å². The Bertz CT molecular complexity index is 943. The number of carbonyl (C=O) groups excluding carboxylic acids is 1.